The van der Waals surface area contributed by atoms with Gasteiger partial charge < -0.3 is 19.3 Å². The third kappa shape index (κ3) is 4.29. The number of nitrogens with zero attached hydrogens (tertiary/aromatic N) is 3. The van der Waals surface area contributed by atoms with Crippen LogP contribution in [0.25, 0.3) is 17.0 Å². The van der Waals surface area contributed by atoms with Crippen molar-refractivity contribution in [1.82, 2.24) is 15.5 Å². The Bertz CT molecular complexity index is 1420. The third-order valence-electron chi connectivity index (χ3n) is 6.21. The van der Waals surface area contributed by atoms with Crippen molar-refractivity contribution < 1.29 is 18.8 Å². The number of methoxy groups -OCH3 is 2. The van der Waals surface area contributed by atoms with Crippen LogP contribution < -0.4 is 19.7 Å². The van der Waals surface area contributed by atoms with Gasteiger partial charge in [-0.05, 0) is 67.9 Å². The van der Waals surface area contributed by atoms with Gasteiger partial charge in [0.2, 0.25) is 5.82 Å². The van der Waals surface area contributed by atoms with Gasteiger partial charge >= 0.3 is 6.03 Å². The van der Waals surface area contributed by atoms with Gasteiger partial charge in [-0.3, -0.25) is 4.90 Å². The summed E-state index contributed by atoms with van der Waals surface area (Å²) in [6, 6.07) is 22.0. The highest BCUT2D eigenvalue weighted by Crippen LogP contribution is 2.39. The summed E-state index contributed by atoms with van der Waals surface area (Å²) in [6.07, 6.45) is 0. The zero-order valence-corrected chi connectivity index (χ0v) is 20.5. The lowest BCUT2D eigenvalue weighted by Crippen LogP contribution is -2.46. The van der Waals surface area contributed by atoms with Gasteiger partial charge in [0.25, 0.3) is 5.89 Å². The van der Waals surface area contributed by atoms with Crippen LogP contribution in [0.1, 0.15) is 30.0 Å². The highest BCUT2D eigenvalue weighted by atomic mass is 16.5. The summed E-state index contributed by atoms with van der Waals surface area (Å²) in [5.41, 5.74) is 4.87. The van der Waals surface area contributed by atoms with E-state index < -0.39 is 6.04 Å². The molecular formula is C28H26N4O4. The molecule has 0 saturated heterocycles. The Hall–Kier alpha value is -4.59. The van der Waals surface area contributed by atoms with E-state index in [4.69, 9.17) is 19.0 Å². The SMILES string of the molecule is COc1ccc(-c2noc(C3=C(C)N(c4ccc(C)cc4)C(=O)NC3c3cccc(OC)c3)n2)cc1. The van der Waals surface area contributed by atoms with Crippen LogP contribution in [0.15, 0.2) is 83.0 Å². The van der Waals surface area contributed by atoms with Crippen molar-refractivity contribution in [3.8, 4) is 22.9 Å². The highest BCUT2D eigenvalue weighted by molar-refractivity contribution is 6.01. The smallest absolute Gasteiger partial charge is 0.326 e. The van der Waals surface area contributed by atoms with Gasteiger partial charge in [-0.25, -0.2) is 4.79 Å². The number of anilines is 1. The normalized spacial score (nSPS) is 15.6. The number of benzene rings is 3. The fraction of sp³-hybridized carbons (Fsp3) is 0.179. The average molecular weight is 483 g/mol. The van der Waals surface area contributed by atoms with E-state index in [1.807, 2.05) is 86.6 Å². The zero-order valence-electron chi connectivity index (χ0n) is 20.5. The molecule has 1 N–H and O–H groups in total. The molecule has 0 bridgehead atoms. The van der Waals surface area contributed by atoms with E-state index in [0.717, 1.165) is 28.1 Å². The minimum absolute atomic E-state index is 0.247. The molecule has 2 amide bonds. The molecule has 0 spiro atoms. The molecule has 8 nitrogen and oxygen atoms in total. The summed E-state index contributed by atoms with van der Waals surface area (Å²) in [5.74, 6) is 2.19. The number of urea groups is 1. The first-order valence-electron chi connectivity index (χ1n) is 11.5. The Labute approximate surface area is 209 Å². The van der Waals surface area contributed by atoms with Crippen LogP contribution in [-0.2, 0) is 0 Å². The molecule has 0 saturated carbocycles. The maximum absolute atomic E-state index is 13.4. The second-order valence-electron chi connectivity index (χ2n) is 8.48. The van der Waals surface area contributed by atoms with Crippen LogP contribution in [0.5, 0.6) is 11.5 Å². The van der Waals surface area contributed by atoms with Crippen molar-refractivity contribution in [2.45, 2.75) is 19.9 Å². The lowest BCUT2D eigenvalue weighted by atomic mass is 9.94. The standard InChI is InChI=1S/C28H26N4O4/c1-17-8-12-21(13-9-17)32-18(2)24(25(29-28(32)33)20-6-5-7-23(16-20)35-4)27-30-26(31-36-27)19-10-14-22(34-3)15-11-19/h5-16,25H,1-4H3,(H,29,33). The highest BCUT2D eigenvalue weighted by Gasteiger charge is 2.36. The third-order valence-corrected chi connectivity index (χ3v) is 6.21. The number of aryl methyl sites for hydroxylation is 1. The molecular weight excluding hydrogens is 456 g/mol. The molecule has 36 heavy (non-hydrogen) atoms. The van der Waals surface area contributed by atoms with Crippen LogP contribution in [0.2, 0.25) is 0 Å². The minimum atomic E-state index is -0.515. The number of hydrogen-bond donors (Lipinski definition) is 1. The molecule has 182 valence electrons. The molecule has 0 fully saturated rings. The van der Waals surface area contributed by atoms with Crippen molar-refractivity contribution in [3.63, 3.8) is 0 Å². The first-order chi connectivity index (χ1) is 17.5. The summed E-state index contributed by atoms with van der Waals surface area (Å²) in [4.78, 5) is 19.7. The topological polar surface area (TPSA) is 89.7 Å². The molecule has 8 heteroatoms. The molecule has 1 aromatic heterocycles. The van der Waals surface area contributed by atoms with Gasteiger partial charge in [0.1, 0.15) is 11.5 Å². The first kappa shape index (κ1) is 23.2. The Balaban J connectivity index is 1.63. The Kier molecular flexibility index (Phi) is 6.16. The fourth-order valence-corrected chi connectivity index (χ4v) is 4.29. The van der Waals surface area contributed by atoms with Gasteiger partial charge in [0.05, 0.1) is 31.5 Å². The second-order valence-corrected chi connectivity index (χ2v) is 8.48. The van der Waals surface area contributed by atoms with E-state index in [-0.39, 0.29) is 6.03 Å². The molecule has 0 aliphatic carbocycles. The fourth-order valence-electron chi connectivity index (χ4n) is 4.29. The molecule has 3 aromatic carbocycles. The zero-order chi connectivity index (χ0) is 25.2. The van der Waals surface area contributed by atoms with Crippen LogP contribution in [0, 0.1) is 6.92 Å². The lowest BCUT2D eigenvalue weighted by molar-refractivity contribution is 0.244. The van der Waals surface area contributed by atoms with Gasteiger partial charge in [-0.15, -0.1) is 0 Å². The van der Waals surface area contributed by atoms with Crippen LogP contribution >= 0.6 is 0 Å². The molecule has 1 aliphatic heterocycles. The van der Waals surface area contributed by atoms with E-state index in [1.165, 1.54) is 0 Å². The molecule has 1 unspecified atom stereocenters. The number of carbonyl (C=O) groups is 1. The first-order valence-corrected chi connectivity index (χ1v) is 11.5. The van der Waals surface area contributed by atoms with Crippen molar-refractivity contribution >= 4 is 17.3 Å². The molecule has 1 atom stereocenters. The number of amides is 2. The van der Waals surface area contributed by atoms with Gasteiger partial charge in [-0.1, -0.05) is 35.0 Å². The number of nitrogens with one attached hydrogen (secondary N) is 1. The van der Waals surface area contributed by atoms with Crippen molar-refractivity contribution in [2.24, 2.45) is 0 Å². The molecule has 4 aromatic rings. The van der Waals surface area contributed by atoms with Crippen molar-refractivity contribution in [3.05, 3.63) is 95.5 Å². The largest absolute Gasteiger partial charge is 0.497 e. The Morgan fingerprint density at radius 1 is 0.917 bits per heavy atom. The summed E-state index contributed by atoms with van der Waals surface area (Å²) >= 11 is 0. The maximum Gasteiger partial charge on any atom is 0.326 e. The van der Waals surface area contributed by atoms with E-state index in [1.54, 1.807) is 19.1 Å². The van der Waals surface area contributed by atoms with Crippen LogP contribution in [-0.4, -0.2) is 30.4 Å². The van der Waals surface area contributed by atoms with Gasteiger partial charge in [0, 0.05) is 11.3 Å². The summed E-state index contributed by atoms with van der Waals surface area (Å²) in [6.45, 7) is 3.89. The van der Waals surface area contributed by atoms with Gasteiger partial charge in [0.15, 0.2) is 0 Å². The predicted molar refractivity (Wildman–Crippen MR) is 137 cm³/mol. The van der Waals surface area contributed by atoms with Crippen molar-refractivity contribution in [2.75, 3.05) is 19.1 Å². The average Bonchev–Trinajstić information content (AvgIpc) is 3.39. The molecule has 1 aliphatic rings. The molecule has 2 heterocycles. The van der Waals surface area contributed by atoms with Gasteiger partial charge in [-0.2, -0.15) is 4.98 Å². The Morgan fingerprint density at radius 3 is 2.33 bits per heavy atom. The minimum Gasteiger partial charge on any atom is -0.497 e. The maximum atomic E-state index is 13.4. The number of hydrogen-bond acceptors (Lipinski definition) is 6. The Morgan fingerprint density at radius 2 is 1.64 bits per heavy atom. The molecule has 5 rings (SSSR count). The summed E-state index contributed by atoms with van der Waals surface area (Å²) in [5, 5.41) is 7.34. The van der Waals surface area contributed by atoms with Crippen LogP contribution in [0.4, 0.5) is 10.5 Å². The quantitative estimate of drug-likeness (QED) is 0.376. The van der Waals surface area contributed by atoms with E-state index >= 15 is 0 Å². The number of carbonyl (C=O) groups excluding carboxylic acids is 1. The number of aromatic nitrogens is 2. The molecule has 0 radical (unpaired) electrons. The number of ether oxygens (including phenoxy) is 2. The summed E-state index contributed by atoms with van der Waals surface area (Å²) in [7, 11) is 3.23. The predicted octanol–water partition coefficient (Wildman–Crippen LogP) is 5.76. The number of rotatable bonds is 6. The van der Waals surface area contributed by atoms with E-state index in [9.17, 15) is 4.79 Å². The monoisotopic (exact) mass is 482 g/mol. The second kappa shape index (κ2) is 9.58. The van der Waals surface area contributed by atoms with E-state index in [2.05, 4.69) is 10.5 Å². The lowest BCUT2D eigenvalue weighted by Gasteiger charge is -2.35. The number of allylic oxidation sites excluding steroid dienone is 1. The summed E-state index contributed by atoms with van der Waals surface area (Å²) < 4.78 is 16.4. The van der Waals surface area contributed by atoms with Crippen molar-refractivity contribution in [1.29, 1.82) is 0 Å². The van der Waals surface area contributed by atoms with Crippen LogP contribution in [0.3, 0.4) is 0 Å². The van der Waals surface area contributed by atoms with E-state index in [0.29, 0.717) is 28.7 Å².